The highest BCUT2D eigenvalue weighted by atomic mass is 16.5. The molecule has 0 spiro atoms. The summed E-state index contributed by atoms with van der Waals surface area (Å²) >= 11 is 0. The maximum atomic E-state index is 10.7. The molecule has 0 unspecified atom stereocenters. The van der Waals surface area contributed by atoms with Crippen molar-refractivity contribution in [3.05, 3.63) is 0 Å². The predicted octanol–water partition coefficient (Wildman–Crippen LogP) is 0.296. The molecule has 0 aliphatic carbocycles. The van der Waals surface area contributed by atoms with Gasteiger partial charge in [-0.15, -0.1) is 0 Å². The van der Waals surface area contributed by atoms with Crippen LogP contribution in [-0.4, -0.2) is 43.5 Å². The molecule has 1 atom stereocenters. The molecule has 0 saturated carbocycles. The van der Waals surface area contributed by atoms with Crippen LogP contribution in [-0.2, 0) is 9.53 Å². The van der Waals surface area contributed by atoms with Gasteiger partial charge in [-0.05, 0) is 13.3 Å². The molecule has 1 saturated heterocycles. The zero-order chi connectivity index (χ0) is 8.27. The summed E-state index contributed by atoms with van der Waals surface area (Å²) in [6.07, 6.45) is 1.40. The summed E-state index contributed by atoms with van der Waals surface area (Å²) in [5.41, 5.74) is 0. The molecule has 0 bridgehead atoms. The first kappa shape index (κ1) is 8.68. The average molecular weight is 157 g/mol. The minimum atomic E-state index is 0.238. The van der Waals surface area contributed by atoms with Gasteiger partial charge in [0.25, 0.3) is 0 Å². The molecule has 0 radical (unpaired) electrons. The lowest BCUT2D eigenvalue weighted by Gasteiger charge is -2.12. The van der Waals surface area contributed by atoms with E-state index in [2.05, 4.69) is 4.90 Å². The lowest BCUT2D eigenvalue weighted by atomic mass is 10.3. The largest absolute Gasteiger partial charge is 0.380 e. The van der Waals surface area contributed by atoms with E-state index in [1.54, 1.807) is 14.0 Å². The van der Waals surface area contributed by atoms with E-state index in [1.807, 2.05) is 0 Å². The van der Waals surface area contributed by atoms with Gasteiger partial charge in [-0.1, -0.05) is 0 Å². The summed E-state index contributed by atoms with van der Waals surface area (Å²) in [6.45, 7) is 4.12. The van der Waals surface area contributed by atoms with Crippen molar-refractivity contribution in [1.82, 2.24) is 4.90 Å². The number of methoxy groups -OCH3 is 1. The first-order chi connectivity index (χ1) is 5.22. The van der Waals surface area contributed by atoms with E-state index >= 15 is 0 Å². The maximum Gasteiger partial charge on any atom is 0.143 e. The van der Waals surface area contributed by atoms with Crippen molar-refractivity contribution in [3.8, 4) is 0 Å². The second-order valence-electron chi connectivity index (χ2n) is 3.08. The number of Topliss-reactive ketones (excluding diaryl/α,β-unsaturated/α-hetero) is 1. The van der Waals surface area contributed by atoms with Gasteiger partial charge in [0.1, 0.15) is 5.78 Å². The quantitative estimate of drug-likeness (QED) is 0.590. The number of carbonyl (C=O) groups excluding carboxylic acids is 1. The van der Waals surface area contributed by atoms with Crippen LogP contribution in [0.15, 0.2) is 0 Å². The number of hydrogen-bond donors (Lipinski definition) is 0. The van der Waals surface area contributed by atoms with E-state index < -0.39 is 0 Å². The van der Waals surface area contributed by atoms with Gasteiger partial charge in [-0.25, -0.2) is 0 Å². The molecule has 3 nitrogen and oxygen atoms in total. The van der Waals surface area contributed by atoms with Gasteiger partial charge in [-0.2, -0.15) is 0 Å². The average Bonchev–Trinajstić information content (AvgIpc) is 2.34. The molecule has 1 heterocycles. The Kier molecular flexibility index (Phi) is 3.02. The Morgan fingerprint density at radius 2 is 2.45 bits per heavy atom. The van der Waals surface area contributed by atoms with Crippen molar-refractivity contribution in [1.29, 1.82) is 0 Å². The van der Waals surface area contributed by atoms with Gasteiger partial charge in [0.2, 0.25) is 0 Å². The van der Waals surface area contributed by atoms with Crippen molar-refractivity contribution in [2.75, 3.05) is 26.7 Å². The molecule has 0 aromatic heterocycles. The van der Waals surface area contributed by atoms with Gasteiger partial charge in [0.15, 0.2) is 0 Å². The van der Waals surface area contributed by atoms with Crippen LogP contribution in [0, 0.1) is 0 Å². The first-order valence-corrected chi connectivity index (χ1v) is 3.97. The zero-order valence-corrected chi connectivity index (χ0v) is 7.17. The molecule has 1 aliphatic rings. The predicted molar refractivity (Wildman–Crippen MR) is 42.5 cm³/mol. The molecule has 0 amide bonds. The zero-order valence-electron chi connectivity index (χ0n) is 7.17. The van der Waals surface area contributed by atoms with Crippen LogP contribution in [0.2, 0.25) is 0 Å². The Balaban J connectivity index is 2.24. The van der Waals surface area contributed by atoms with Gasteiger partial charge in [0.05, 0.1) is 12.6 Å². The van der Waals surface area contributed by atoms with Crippen LogP contribution in [0.3, 0.4) is 0 Å². The van der Waals surface area contributed by atoms with Gasteiger partial charge < -0.3 is 4.74 Å². The fraction of sp³-hybridized carbons (Fsp3) is 0.875. The summed E-state index contributed by atoms with van der Waals surface area (Å²) in [6, 6.07) is 0. The van der Waals surface area contributed by atoms with Crippen LogP contribution < -0.4 is 0 Å². The van der Waals surface area contributed by atoms with E-state index in [1.165, 1.54) is 0 Å². The van der Waals surface area contributed by atoms with Crippen molar-refractivity contribution in [2.24, 2.45) is 0 Å². The lowest BCUT2D eigenvalue weighted by molar-refractivity contribution is -0.117. The lowest BCUT2D eigenvalue weighted by Crippen LogP contribution is -2.27. The second kappa shape index (κ2) is 3.83. The molecule has 0 aromatic carbocycles. The van der Waals surface area contributed by atoms with E-state index in [4.69, 9.17) is 4.74 Å². The maximum absolute atomic E-state index is 10.7. The Labute approximate surface area is 67.3 Å². The number of hydrogen-bond acceptors (Lipinski definition) is 3. The van der Waals surface area contributed by atoms with Crippen LogP contribution in [0.1, 0.15) is 13.3 Å². The number of ketones is 1. The Hall–Kier alpha value is -0.410. The summed E-state index contributed by atoms with van der Waals surface area (Å²) in [4.78, 5) is 12.8. The minimum absolute atomic E-state index is 0.238. The van der Waals surface area contributed by atoms with Crippen molar-refractivity contribution < 1.29 is 9.53 Å². The Morgan fingerprint density at radius 1 is 1.73 bits per heavy atom. The number of nitrogens with zero attached hydrogens (tertiary/aromatic N) is 1. The van der Waals surface area contributed by atoms with E-state index in [0.29, 0.717) is 12.6 Å². The van der Waals surface area contributed by atoms with Crippen LogP contribution in [0.25, 0.3) is 0 Å². The summed E-state index contributed by atoms with van der Waals surface area (Å²) in [5, 5.41) is 0. The fourth-order valence-electron chi connectivity index (χ4n) is 1.45. The molecular formula is C8H15NO2. The van der Waals surface area contributed by atoms with Crippen LogP contribution in [0.4, 0.5) is 0 Å². The number of rotatable bonds is 3. The third-order valence-corrected chi connectivity index (χ3v) is 2.01. The van der Waals surface area contributed by atoms with Crippen LogP contribution in [0.5, 0.6) is 0 Å². The summed E-state index contributed by atoms with van der Waals surface area (Å²) in [7, 11) is 1.72. The third-order valence-electron chi connectivity index (χ3n) is 2.01. The highest BCUT2D eigenvalue weighted by Crippen LogP contribution is 2.10. The van der Waals surface area contributed by atoms with Crippen molar-refractivity contribution >= 4 is 5.78 Å². The van der Waals surface area contributed by atoms with Crippen LogP contribution >= 0.6 is 0 Å². The van der Waals surface area contributed by atoms with E-state index in [9.17, 15) is 4.79 Å². The molecular weight excluding hydrogens is 142 g/mol. The Morgan fingerprint density at radius 3 is 2.91 bits per heavy atom. The topological polar surface area (TPSA) is 29.5 Å². The number of carbonyl (C=O) groups is 1. The van der Waals surface area contributed by atoms with E-state index in [0.717, 1.165) is 19.5 Å². The second-order valence-corrected chi connectivity index (χ2v) is 3.08. The molecule has 64 valence electrons. The van der Waals surface area contributed by atoms with E-state index in [-0.39, 0.29) is 5.78 Å². The molecule has 11 heavy (non-hydrogen) atoms. The molecule has 0 N–H and O–H groups in total. The Bertz CT molecular complexity index is 147. The summed E-state index contributed by atoms with van der Waals surface area (Å²) in [5.74, 6) is 0.238. The fourth-order valence-corrected chi connectivity index (χ4v) is 1.45. The third kappa shape index (κ3) is 2.60. The first-order valence-electron chi connectivity index (χ1n) is 3.97. The molecule has 1 aliphatic heterocycles. The SMILES string of the molecule is CO[C@@H]1CCN(CC(C)=O)C1. The molecule has 3 heteroatoms. The van der Waals surface area contributed by atoms with Gasteiger partial charge in [-0.3, -0.25) is 9.69 Å². The normalized spacial score (nSPS) is 25.8. The van der Waals surface area contributed by atoms with Crippen molar-refractivity contribution in [2.45, 2.75) is 19.4 Å². The monoisotopic (exact) mass is 157 g/mol. The summed E-state index contributed by atoms with van der Waals surface area (Å²) < 4.78 is 5.17. The standard InChI is InChI=1S/C8H15NO2/c1-7(10)5-9-4-3-8(6-9)11-2/h8H,3-6H2,1-2H3/t8-/m1/s1. The smallest absolute Gasteiger partial charge is 0.143 e. The molecule has 0 aromatic rings. The van der Waals surface area contributed by atoms with Crippen molar-refractivity contribution in [3.63, 3.8) is 0 Å². The minimum Gasteiger partial charge on any atom is -0.380 e. The number of likely N-dealkylation sites (tertiary alicyclic amines) is 1. The molecule has 1 rings (SSSR count). The highest BCUT2D eigenvalue weighted by Gasteiger charge is 2.22. The molecule has 1 fully saturated rings. The number of ether oxygens (including phenoxy) is 1. The highest BCUT2D eigenvalue weighted by molar-refractivity contribution is 5.77. The van der Waals surface area contributed by atoms with Gasteiger partial charge >= 0.3 is 0 Å². The van der Waals surface area contributed by atoms with Gasteiger partial charge in [0, 0.05) is 20.2 Å².